The van der Waals surface area contributed by atoms with Gasteiger partial charge in [0.25, 0.3) is 0 Å². The molecule has 8 bridgehead atoms. The predicted octanol–water partition coefficient (Wildman–Crippen LogP) is 33.9. The molecule has 0 atom stereocenters. The largest absolute Gasteiger partial charge is 2.00 e. The molecular formula is C121H153N5O10Zn. The minimum Gasteiger partial charge on any atom is -0.656 e. The van der Waals surface area contributed by atoms with Crippen molar-refractivity contribution in [1.82, 2.24) is 19.9 Å². The topological polar surface area (TPSA) is 168 Å². The van der Waals surface area contributed by atoms with Crippen molar-refractivity contribution in [3.8, 4) is 102 Å². The second kappa shape index (κ2) is 60.0. The number of ether oxygens (including phenoxy) is 8. The van der Waals surface area contributed by atoms with E-state index in [1.807, 2.05) is 24.3 Å². The smallest absolute Gasteiger partial charge is 0.656 e. The molecule has 137 heavy (non-hydrogen) atoms. The van der Waals surface area contributed by atoms with Gasteiger partial charge in [0.15, 0.2) is 0 Å². The van der Waals surface area contributed by atoms with E-state index in [4.69, 9.17) is 57.8 Å². The van der Waals surface area contributed by atoms with E-state index in [-0.39, 0.29) is 25.0 Å². The maximum absolute atomic E-state index is 12.3. The first-order valence-electron chi connectivity index (χ1n) is 52.6. The summed E-state index contributed by atoms with van der Waals surface area (Å²) in [6, 6.07) is 57.8. The molecule has 3 aromatic heterocycles. The molecule has 0 aliphatic carbocycles. The van der Waals surface area contributed by atoms with E-state index in [0.717, 1.165) is 235 Å². The molecule has 5 heterocycles. The molecule has 10 aromatic rings. The van der Waals surface area contributed by atoms with Crippen molar-refractivity contribution in [2.75, 3.05) is 57.8 Å². The van der Waals surface area contributed by atoms with Crippen LogP contribution in [0.3, 0.4) is 0 Å². The molecule has 12 rings (SSSR count). The summed E-state index contributed by atoms with van der Waals surface area (Å²) in [5.74, 6) is 11.8. The van der Waals surface area contributed by atoms with Crippen LogP contribution in [0.4, 0.5) is 17.1 Å². The average Bonchev–Trinajstić information content (AvgIpc) is 1.63. The van der Waals surface area contributed by atoms with Crippen LogP contribution in [-0.4, -0.2) is 73.9 Å². The van der Waals surface area contributed by atoms with E-state index in [9.17, 15) is 9.90 Å². The zero-order chi connectivity index (χ0) is 94.9. The van der Waals surface area contributed by atoms with Crippen molar-refractivity contribution in [3.05, 3.63) is 209 Å². The number of benzene rings is 7. The van der Waals surface area contributed by atoms with Crippen LogP contribution in [0, 0.1) is 11.8 Å². The summed E-state index contributed by atoms with van der Waals surface area (Å²) >= 11 is 0. The van der Waals surface area contributed by atoms with Crippen molar-refractivity contribution in [2.45, 2.75) is 312 Å². The molecule has 0 spiro atoms. The summed E-state index contributed by atoms with van der Waals surface area (Å²) in [5, 5.41) is 10.1. The van der Waals surface area contributed by atoms with Crippen LogP contribution in [0.1, 0.15) is 356 Å². The Hall–Kier alpha value is -11.0. The molecule has 7 aromatic carbocycles. The number of carbonyl (C=O) groups is 1. The molecule has 0 saturated carbocycles. The van der Waals surface area contributed by atoms with E-state index in [0.29, 0.717) is 149 Å². The molecule has 2 aliphatic heterocycles. The molecule has 0 saturated heterocycles. The first-order valence-corrected chi connectivity index (χ1v) is 52.6. The van der Waals surface area contributed by atoms with Gasteiger partial charge in [0.1, 0.15) is 46.0 Å². The standard InChI is InChI=1S/C121H154N5O10.Zn/c1-9-17-25-33-37-45-83-131-110-51-49-52-111(132-84-46-38-34-26-18-10-2)118(110)116-104-75-73-102(122-104)101(70-57-91-55-58-94(59-56-91)121(127)128)103-74-76-105(123-103)117(119-112(133-85-47-39-35-27-19-11-3)53-50-54-113(119)134-86-48-40-36-28-20-12-4)107-78-80-109(125-107)120(108-79-77-106(116)124-108)126(95-64-60-92(61-65-95)99-71-68-97(129-81-41-29-21-13-5)89-114(99)135-87-43-31-23-15-7)96-66-62-93(63-67-96)100-72-69-98(130-82-42-30-22-14-6)90-115(100)136-88-44-32-24-16-8;/h49-56,58-69,71-80,89-90H,9-48,81-88H2,1-8H3,(H2-,122,123,124,125,127,128);/q-1;+2/p-1. The van der Waals surface area contributed by atoms with Crippen LogP contribution in [0.15, 0.2) is 170 Å². The van der Waals surface area contributed by atoms with Gasteiger partial charge in [-0.1, -0.05) is 333 Å². The second-order valence-corrected chi connectivity index (χ2v) is 36.6. The maximum Gasteiger partial charge on any atom is 2.00 e. The summed E-state index contributed by atoms with van der Waals surface area (Å²) in [6.07, 6.45) is 52.3. The van der Waals surface area contributed by atoms with Gasteiger partial charge in [0.2, 0.25) is 0 Å². The Labute approximate surface area is 832 Å². The van der Waals surface area contributed by atoms with Crippen molar-refractivity contribution >= 4 is 69.4 Å². The predicted molar refractivity (Wildman–Crippen MR) is 567 cm³/mol. The Bertz CT molecular complexity index is 5330. The summed E-state index contributed by atoms with van der Waals surface area (Å²) < 4.78 is 55.4. The van der Waals surface area contributed by atoms with E-state index in [1.165, 1.54) is 89.9 Å². The van der Waals surface area contributed by atoms with Crippen LogP contribution in [0.2, 0.25) is 0 Å². The Balaban J connectivity index is 0.0000180. The van der Waals surface area contributed by atoms with Crippen LogP contribution < -0.4 is 52.8 Å². The van der Waals surface area contributed by atoms with Crippen LogP contribution in [0.25, 0.3) is 90.9 Å². The minimum atomic E-state index is -1.02. The number of hydrogen-bond acceptors (Lipinski definition) is 12. The fourth-order valence-corrected chi connectivity index (χ4v) is 17.8. The Morgan fingerprint density at radius 2 is 0.606 bits per heavy atom. The molecule has 0 amide bonds. The quantitative estimate of drug-likeness (QED) is 0.0217. The summed E-state index contributed by atoms with van der Waals surface area (Å²) in [5.41, 5.74) is 15.4. The van der Waals surface area contributed by atoms with E-state index in [2.05, 4.69) is 218 Å². The molecule has 2 aliphatic rings. The van der Waals surface area contributed by atoms with Crippen molar-refractivity contribution in [1.29, 1.82) is 0 Å². The molecule has 0 fully saturated rings. The van der Waals surface area contributed by atoms with Crippen LogP contribution in [-0.2, 0) is 19.5 Å². The molecule has 724 valence electrons. The van der Waals surface area contributed by atoms with E-state index < -0.39 is 5.97 Å². The number of aromatic carboxylic acids is 1. The van der Waals surface area contributed by atoms with Crippen molar-refractivity contribution in [3.63, 3.8) is 0 Å². The minimum absolute atomic E-state index is 0. The molecule has 15 nitrogen and oxygen atoms in total. The number of rotatable bonds is 64. The SMILES string of the molecule is CCCCCCCCOc1cccc(OCCCCCCCC)c1-c1c2nc(c(N(c3ccc(-c4ccc(OCCCCCC)cc4OCCCCCC)cc3)c3ccc(-c4ccc(OCCCCCC)cc4OCCCCCC)cc3)c3ccc([n-]3)c(-c3c(OCCCCCCCC)cccc3OCCCCCCCC)c3nc(c(C#Cc4ccc(C(=O)O)cc4)c4ccc1[n-]4)C=C3)C=C2.[Zn+2]. The average molecular weight is 1900 g/mol. The van der Waals surface area contributed by atoms with Gasteiger partial charge in [0.05, 0.1) is 98.0 Å². The fraction of sp³-hybridized carbons (Fsp3) is 0.463. The van der Waals surface area contributed by atoms with Gasteiger partial charge in [-0.2, -0.15) is 0 Å². The second-order valence-electron chi connectivity index (χ2n) is 36.6. The first kappa shape index (κ1) is 106. The normalized spacial score (nSPS) is 11.5. The van der Waals surface area contributed by atoms with Gasteiger partial charge < -0.3 is 57.9 Å². The third-order valence-corrected chi connectivity index (χ3v) is 25.6. The number of nitrogens with zero attached hydrogens (tertiary/aromatic N) is 5. The molecular weight excluding hydrogens is 1750 g/mol. The fourth-order valence-electron chi connectivity index (χ4n) is 17.8. The van der Waals surface area contributed by atoms with E-state index in [1.54, 1.807) is 24.3 Å². The number of fused-ring (bicyclic) bond motifs is 8. The van der Waals surface area contributed by atoms with Crippen LogP contribution in [0.5, 0.6) is 46.0 Å². The number of carboxylic acid groups (broad SMARTS) is 1. The van der Waals surface area contributed by atoms with Gasteiger partial charge in [0, 0.05) is 56.9 Å². The van der Waals surface area contributed by atoms with Crippen molar-refractivity contribution in [2.24, 2.45) is 0 Å². The molecule has 0 radical (unpaired) electrons. The third kappa shape index (κ3) is 32.3. The van der Waals surface area contributed by atoms with Gasteiger partial charge >= 0.3 is 25.4 Å². The Morgan fingerprint density at radius 1 is 0.299 bits per heavy atom. The Kier molecular flexibility index (Phi) is 46.6. The van der Waals surface area contributed by atoms with Crippen molar-refractivity contribution < 1.29 is 67.3 Å². The number of unbranched alkanes of at least 4 members (excludes halogenated alkanes) is 32. The third-order valence-electron chi connectivity index (χ3n) is 25.6. The zero-order valence-electron chi connectivity index (χ0n) is 84.0. The zero-order valence-corrected chi connectivity index (χ0v) is 86.9. The summed E-state index contributed by atoms with van der Waals surface area (Å²) in [6.45, 7) is 22.4. The van der Waals surface area contributed by atoms with Gasteiger partial charge in [-0.15, -0.1) is 22.1 Å². The first-order chi connectivity index (χ1) is 67.1. The number of carboxylic acids is 1. The summed E-state index contributed by atoms with van der Waals surface area (Å²) in [7, 11) is 0. The molecule has 1 N–H and O–H groups in total. The number of hydrogen-bond donors (Lipinski definition) is 1. The Morgan fingerprint density at radius 3 is 0.978 bits per heavy atom. The molecule has 16 heteroatoms. The van der Waals surface area contributed by atoms with E-state index >= 15 is 0 Å². The van der Waals surface area contributed by atoms with Gasteiger partial charge in [-0.3, -0.25) is 0 Å². The van der Waals surface area contributed by atoms with Crippen LogP contribution >= 0.6 is 0 Å². The monoisotopic (exact) mass is 1900 g/mol. The number of anilines is 3. The van der Waals surface area contributed by atoms with Gasteiger partial charge in [-0.25, -0.2) is 14.8 Å². The summed E-state index contributed by atoms with van der Waals surface area (Å²) in [4.78, 5) is 38.4. The molecule has 0 unspecified atom stereocenters. The van der Waals surface area contributed by atoms with Gasteiger partial charge in [-0.05, 0) is 184 Å². The number of aromatic nitrogens is 4. The maximum atomic E-state index is 12.3.